The smallest absolute Gasteiger partial charge is 0.338 e. The fourth-order valence-electron chi connectivity index (χ4n) is 3.97. The van der Waals surface area contributed by atoms with E-state index in [1.807, 2.05) is 30.5 Å². The zero-order chi connectivity index (χ0) is 21.1. The Kier molecular flexibility index (Phi) is 5.62. The van der Waals surface area contributed by atoms with Crippen LogP contribution >= 0.6 is 0 Å². The molecule has 5 heteroatoms. The van der Waals surface area contributed by atoms with E-state index in [9.17, 15) is 13.2 Å². The molecule has 2 aromatic heterocycles. The lowest BCUT2D eigenvalue weighted by atomic mass is 9.98. The highest BCUT2D eigenvalue weighted by molar-refractivity contribution is 5.98. The molecule has 4 rings (SSSR count). The van der Waals surface area contributed by atoms with Crippen LogP contribution in [0.3, 0.4) is 0 Å². The summed E-state index contributed by atoms with van der Waals surface area (Å²) in [4.78, 5) is 4.30. The number of hydrogen-bond acceptors (Lipinski definition) is 1. The summed E-state index contributed by atoms with van der Waals surface area (Å²) in [6.45, 7) is 2.77. The summed E-state index contributed by atoms with van der Waals surface area (Å²) in [6.07, 6.45) is 1.91. The minimum Gasteiger partial charge on any atom is -0.338 e. The third kappa shape index (κ3) is 3.97. The van der Waals surface area contributed by atoms with Crippen LogP contribution in [0.15, 0.2) is 73.1 Å². The predicted octanol–water partition coefficient (Wildman–Crippen LogP) is 7.11. The molecule has 4 aromatic rings. The second kappa shape index (κ2) is 8.34. The molecule has 0 saturated carbocycles. The fraction of sp³-hybridized carbons (Fsp3) is 0.240. The number of unbranched alkanes of at least 4 members (excludes halogenated alkanes) is 1. The summed E-state index contributed by atoms with van der Waals surface area (Å²) >= 11 is 0. The van der Waals surface area contributed by atoms with Crippen molar-refractivity contribution in [1.29, 1.82) is 0 Å². The molecule has 2 heterocycles. The predicted molar refractivity (Wildman–Crippen MR) is 114 cm³/mol. The first-order valence-corrected chi connectivity index (χ1v) is 10.2. The van der Waals surface area contributed by atoms with Crippen molar-refractivity contribution in [3.63, 3.8) is 0 Å². The molecule has 0 spiro atoms. The minimum atomic E-state index is -4.37. The highest BCUT2D eigenvalue weighted by Crippen LogP contribution is 2.38. The minimum absolute atomic E-state index is 0.596. The third-order valence-corrected chi connectivity index (χ3v) is 5.40. The van der Waals surface area contributed by atoms with Crippen molar-refractivity contribution in [2.75, 3.05) is 0 Å². The Morgan fingerprint density at radius 3 is 2.50 bits per heavy atom. The summed E-state index contributed by atoms with van der Waals surface area (Å²) in [5, 5.41) is 0.936. The van der Waals surface area contributed by atoms with Gasteiger partial charge in [0.2, 0.25) is 0 Å². The van der Waals surface area contributed by atoms with Crippen LogP contribution in [-0.2, 0) is 19.1 Å². The molecule has 0 saturated heterocycles. The first kappa shape index (κ1) is 20.2. The van der Waals surface area contributed by atoms with Gasteiger partial charge in [0, 0.05) is 29.4 Å². The molecule has 0 unspecified atom stereocenters. The van der Waals surface area contributed by atoms with Gasteiger partial charge >= 0.3 is 6.18 Å². The van der Waals surface area contributed by atoms with Gasteiger partial charge in [0.1, 0.15) is 0 Å². The lowest BCUT2D eigenvalue weighted by molar-refractivity contribution is -0.137. The maximum atomic E-state index is 13.4. The lowest BCUT2D eigenvalue weighted by Gasteiger charge is -2.14. The summed E-state index contributed by atoms with van der Waals surface area (Å²) in [5.41, 5.74) is 4.00. The maximum absolute atomic E-state index is 13.4. The van der Waals surface area contributed by atoms with E-state index >= 15 is 0 Å². The van der Waals surface area contributed by atoms with Crippen molar-refractivity contribution >= 4 is 10.9 Å². The monoisotopic (exact) mass is 408 g/mol. The Morgan fingerprint density at radius 1 is 0.967 bits per heavy atom. The van der Waals surface area contributed by atoms with Crippen LogP contribution in [0.25, 0.3) is 22.0 Å². The molecule has 2 aromatic carbocycles. The van der Waals surface area contributed by atoms with Crippen molar-refractivity contribution in [3.8, 4) is 11.1 Å². The van der Waals surface area contributed by atoms with Crippen molar-refractivity contribution in [2.24, 2.45) is 0 Å². The second-order valence-corrected chi connectivity index (χ2v) is 7.47. The van der Waals surface area contributed by atoms with Gasteiger partial charge in [-0.05, 0) is 42.2 Å². The molecule has 30 heavy (non-hydrogen) atoms. The first-order chi connectivity index (χ1) is 14.5. The first-order valence-electron chi connectivity index (χ1n) is 10.2. The molecule has 0 aliphatic heterocycles. The fourth-order valence-corrected chi connectivity index (χ4v) is 3.97. The van der Waals surface area contributed by atoms with E-state index in [1.54, 1.807) is 12.3 Å². The van der Waals surface area contributed by atoms with Crippen molar-refractivity contribution < 1.29 is 13.2 Å². The highest BCUT2D eigenvalue weighted by atomic mass is 19.4. The standard InChI is InChI=1S/C25H23F3N2/c1-2-3-12-22-24(19-10-7-11-20(15-19)25(26,27)28)21-13-14-29-16-23(21)30(22)17-18-8-5-4-6-9-18/h4-11,13-16H,2-3,12,17H2,1H3. The molecule has 0 aliphatic rings. The number of aromatic nitrogens is 2. The van der Waals surface area contributed by atoms with Crippen LogP contribution in [0, 0.1) is 0 Å². The zero-order valence-corrected chi connectivity index (χ0v) is 16.8. The topological polar surface area (TPSA) is 17.8 Å². The van der Waals surface area contributed by atoms with Gasteiger partial charge in [-0.3, -0.25) is 4.98 Å². The van der Waals surface area contributed by atoms with Gasteiger partial charge in [-0.2, -0.15) is 13.2 Å². The number of pyridine rings is 1. The van der Waals surface area contributed by atoms with E-state index in [4.69, 9.17) is 0 Å². The number of fused-ring (bicyclic) bond motifs is 1. The number of hydrogen-bond donors (Lipinski definition) is 0. The summed E-state index contributed by atoms with van der Waals surface area (Å²) in [7, 11) is 0. The van der Waals surface area contributed by atoms with E-state index in [1.165, 1.54) is 12.1 Å². The molecular formula is C25H23F3N2. The molecule has 154 valence electrons. The third-order valence-electron chi connectivity index (χ3n) is 5.40. The Balaban J connectivity index is 1.95. The second-order valence-electron chi connectivity index (χ2n) is 7.47. The van der Waals surface area contributed by atoms with Crippen LogP contribution in [0.4, 0.5) is 13.2 Å². The van der Waals surface area contributed by atoms with Crippen molar-refractivity contribution in [1.82, 2.24) is 9.55 Å². The van der Waals surface area contributed by atoms with E-state index in [-0.39, 0.29) is 0 Å². The van der Waals surface area contributed by atoms with Crippen LogP contribution in [-0.4, -0.2) is 9.55 Å². The highest BCUT2D eigenvalue weighted by Gasteiger charge is 2.31. The number of nitrogens with zero attached hydrogens (tertiary/aromatic N) is 2. The number of alkyl halides is 3. The molecular weight excluding hydrogens is 385 g/mol. The van der Waals surface area contributed by atoms with Crippen molar-refractivity contribution in [2.45, 2.75) is 38.9 Å². The van der Waals surface area contributed by atoms with Gasteiger partial charge in [-0.25, -0.2) is 0 Å². The average Bonchev–Trinajstić information content (AvgIpc) is 3.06. The molecule has 2 nitrogen and oxygen atoms in total. The Morgan fingerprint density at radius 2 is 1.77 bits per heavy atom. The molecule has 0 atom stereocenters. The zero-order valence-electron chi connectivity index (χ0n) is 16.8. The van der Waals surface area contributed by atoms with Gasteiger partial charge < -0.3 is 4.57 Å². The van der Waals surface area contributed by atoms with Crippen LogP contribution in [0.2, 0.25) is 0 Å². The number of benzene rings is 2. The van der Waals surface area contributed by atoms with Gasteiger partial charge in [0.15, 0.2) is 0 Å². The summed E-state index contributed by atoms with van der Waals surface area (Å²) in [5.74, 6) is 0. The van der Waals surface area contributed by atoms with Crippen LogP contribution in [0.5, 0.6) is 0 Å². The largest absolute Gasteiger partial charge is 0.416 e. The summed E-state index contributed by atoms with van der Waals surface area (Å²) < 4.78 is 42.3. The maximum Gasteiger partial charge on any atom is 0.416 e. The average molecular weight is 408 g/mol. The SMILES string of the molecule is CCCCc1c(-c2cccc(C(F)(F)F)c2)c2ccncc2n1Cc1ccccc1. The number of rotatable bonds is 6. The normalized spacial score (nSPS) is 11.9. The number of halogens is 3. The molecule has 0 radical (unpaired) electrons. The van der Waals surface area contributed by atoms with E-state index < -0.39 is 11.7 Å². The van der Waals surface area contributed by atoms with Gasteiger partial charge in [0.05, 0.1) is 17.3 Å². The molecule has 0 bridgehead atoms. The molecule has 0 amide bonds. The molecule has 0 aliphatic carbocycles. The van der Waals surface area contributed by atoms with Crippen molar-refractivity contribution in [3.05, 3.63) is 89.9 Å². The Hall–Kier alpha value is -3.08. The lowest BCUT2D eigenvalue weighted by Crippen LogP contribution is -2.06. The Bertz CT molecular complexity index is 1140. The summed E-state index contributed by atoms with van der Waals surface area (Å²) in [6, 6.07) is 17.7. The quantitative estimate of drug-likeness (QED) is 0.332. The van der Waals surface area contributed by atoms with Gasteiger partial charge in [-0.1, -0.05) is 55.8 Å². The Labute approximate surface area is 174 Å². The van der Waals surface area contributed by atoms with E-state index in [2.05, 4.69) is 28.6 Å². The van der Waals surface area contributed by atoms with Gasteiger partial charge in [0.25, 0.3) is 0 Å². The van der Waals surface area contributed by atoms with E-state index in [0.717, 1.165) is 53.1 Å². The van der Waals surface area contributed by atoms with Crippen LogP contribution < -0.4 is 0 Å². The molecule has 0 N–H and O–H groups in total. The molecule has 0 fully saturated rings. The van der Waals surface area contributed by atoms with Crippen LogP contribution in [0.1, 0.15) is 36.6 Å². The van der Waals surface area contributed by atoms with E-state index in [0.29, 0.717) is 12.1 Å². The van der Waals surface area contributed by atoms with Gasteiger partial charge in [-0.15, -0.1) is 0 Å².